The van der Waals surface area contributed by atoms with Crippen molar-refractivity contribution in [1.82, 2.24) is 4.90 Å². The molecule has 21 heavy (non-hydrogen) atoms. The summed E-state index contributed by atoms with van der Waals surface area (Å²) >= 11 is 11.8. The minimum atomic E-state index is -1.28. The molecule has 0 bridgehead atoms. The number of likely N-dealkylation sites (N-methyl/N-ethyl adjacent to an activating group) is 1. The molecule has 6 heteroatoms. The van der Waals surface area contributed by atoms with E-state index in [1.807, 2.05) is 0 Å². The zero-order valence-electron chi connectivity index (χ0n) is 12.1. The number of benzene rings is 1. The zero-order valence-corrected chi connectivity index (χ0v) is 13.6. The van der Waals surface area contributed by atoms with E-state index in [-0.39, 0.29) is 5.91 Å². The van der Waals surface area contributed by atoms with Crippen molar-refractivity contribution in [2.45, 2.75) is 26.3 Å². The van der Waals surface area contributed by atoms with Gasteiger partial charge in [-0.25, -0.2) is 4.79 Å². The highest BCUT2D eigenvalue weighted by molar-refractivity contribution is 6.34. The van der Waals surface area contributed by atoms with Gasteiger partial charge in [-0.15, -0.1) is 0 Å². The van der Waals surface area contributed by atoms with Gasteiger partial charge in [0.2, 0.25) is 5.91 Å². The van der Waals surface area contributed by atoms with Gasteiger partial charge in [-0.05, 0) is 50.6 Å². The van der Waals surface area contributed by atoms with Crippen molar-refractivity contribution in [2.75, 3.05) is 6.54 Å². The quantitative estimate of drug-likeness (QED) is 0.837. The molecule has 0 heterocycles. The van der Waals surface area contributed by atoms with Crippen molar-refractivity contribution in [3.63, 3.8) is 0 Å². The minimum absolute atomic E-state index is 0.290. The summed E-state index contributed by atoms with van der Waals surface area (Å²) in [6.07, 6.45) is 2.87. The van der Waals surface area contributed by atoms with Gasteiger partial charge in [0.1, 0.15) is 5.54 Å². The zero-order chi connectivity index (χ0) is 16.2. The molecule has 114 valence electrons. The lowest BCUT2D eigenvalue weighted by Crippen LogP contribution is -2.52. The largest absolute Gasteiger partial charge is 0.480 e. The second-order valence-electron chi connectivity index (χ2n) is 4.98. The van der Waals surface area contributed by atoms with E-state index in [1.54, 1.807) is 31.2 Å². The van der Waals surface area contributed by atoms with Crippen molar-refractivity contribution in [3.05, 3.63) is 39.9 Å². The molecule has 4 nitrogen and oxygen atoms in total. The predicted octanol–water partition coefficient (Wildman–Crippen LogP) is 3.72. The number of carbonyl (C=O) groups is 2. The van der Waals surface area contributed by atoms with Crippen LogP contribution in [0.2, 0.25) is 10.0 Å². The fraction of sp³-hybridized carbons (Fsp3) is 0.333. The molecule has 0 saturated heterocycles. The fourth-order valence-electron chi connectivity index (χ4n) is 1.87. The lowest BCUT2D eigenvalue weighted by atomic mass is 10.0. The van der Waals surface area contributed by atoms with Crippen LogP contribution in [0, 0.1) is 0 Å². The van der Waals surface area contributed by atoms with Crippen LogP contribution < -0.4 is 0 Å². The van der Waals surface area contributed by atoms with E-state index in [2.05, 4.69) is 0 Å². The summed E-state index contributed by atoms with van der Waals surface area (Å²) in [5.41, 5.74) is -0.604. The number of carbonyl (C=O) groups excluding carboxylic acids is 1. The van der Waals surface area contributed by atoms with Gasteiger partial charge in [0.15, 0.2) is 0 Å². The van der Waals surface area contributed by atoms with E-state index in [9.17, 15) is 14.7 Å². The number of carboxylic acid groups (broad SMARTS) is 1. The van der Waals surface area contributed by atoms with E-state index in [0.717, 1.165) is 0 Å². The monoisotopic (exact) mass is 329 g/mol. The first-order valence-electron chi connectivity index (χ1n) is 6.37. The Kier molecular flexibility index (Phi) is 5.81. The van der Waals surface area contributed by atoms with Gasteiger partial charge < -0.3 is 10.0 Å². The molecule has 0 spiro atoms. The highest BCUT2D eigenvalue weighted by atomic mass is 35.5. The van der Waals surface area contributed by atoms with Crippen molar-refractivity contribution < 1.29 is 14.7 Å². The molecule has 0 aromatic heterocycles. The number of carboxylic acids is 1. The smallest absolute Gasteiger partial charge is 0.329 e. The van der Waals surface area contributed by atoms with Crippen LogP contribution in [0.3, 0.4) is 0 Å². The molecule has 0 radical (unpaired) electrons. The summed E-state index contributed by atoms with van der Waals surface area (Å²) in [5.74, 6) is -1.45. The topological polar surface area (TPSA) is 57.6 Å². The van der Waals surface area contributed by atoms with Crippen molar-refractivity contribution in [3.8, 4) is 0 Å². The van der Waals surface area contributed by atoms with Gasteiger partial charge in [0.25, 0.3) is 0 Å². The van der Waals surface area contributed by atoms with Gasteiger partial charge in [0.05, 0.1) is 0 Å². The van der Waals surface area contributed by atoms with E-state index in [4.69, 9.17) is 23.2 Å². The third kappa shape index (κ3) is 4.48. The molecular weight excluding hydrogens is 313 g/mol. The van der Waals surface area contributed by atoms with E-state index < -0.39 is 11.5 Å². The third-order valence-corrected chi connectivity index (χ3v) is 3.52. The lowest BCUT2D eigenvalue weighted by molar-refractivity contribution is -0.154. The van der Waals surface area contributed by atoms with Crippen molar-refractivity contribution in [2.24, 2.45) is 0 Å². The minimum Gasteiger partial charge on any atom is -0.480 e. The summed E-state index contributed by atoms with van der Waals surface area (Å²) in [7, 11) is 0. The number of hydrogen-bond donors (Lipinski definition) is 1. The molecule has 1 amide bonds. The molecule has 1 rings (SSSR count). The highest BCUT2D eigenvalue weighted by Gasteiger charge is 2.35. The van der Waals surface area contributed by atoms with E-state index in [0.29, 0.717) is 22.2 Å². The van der Waals surface area contributed by atoms with Gasteiger partial charge in [0, 0.05) is 22.7 Å². The molecule has 0 saturated carbocycles. The van der Waals surface area contributed by atoms with Crippen LogP contribution in [0.4, 0.5) is 0 Å². The Morgan fingerprint density at radius 2 is 1.76 bits per heavy atom. The summed E-state index contributed by atoms with van der Waals surface area (Å²) in [4.78, 5) is 24.7. The normalized spacial score (nSPS) is 11.7. The van der Waals surface area contributed by atoms with Crippen LogP contribution in [0.15, 0.2) is 24.3 Å². The molecule has 0 unspecified atom stereocenters. The molecule has 0 aliphatic heterocycles. The van der Waals surface area contributed by atoms with Crippen LogP contribution in [-0.4, -0.2) is 34.0 Å². The third-order valence-electron chi connectivity index (χ3n) is 3.08. The molecular formula is C15H17Cl2NO3. The summed E-state index contributed by atoms with van der Waals surface area (Å²) < 4.78 is 0. The molecule has 0 atom stereocenters. The molecule has 1 aromatic carbocycles. The Balaban J connectivity index is 2.97. The Hall–Kier alpha value is -1.52. The Bertz CT molecular complexity index is 562. The summed E-state index contributed by atoms with van der Waals surface area (Å²) in [5, 5.41) is 10.1. The van der Waals surface area contributed by atoms with E-state index in [1.165, 1.54) is 24.8 Å². The predicted molar refractivity (Wildman–Crippen MR) is 84.6 cm³/mol. The second-order valence-corrected chi connectivity index (χ2v) is 5.86. The number of aliphatic carboxylic acids is 1. The van der Waals surface area contributed by atoms with Gasteiger partial charge in [-0.2, -0.15) is 0 Å². The molecule has 0 aliphatic rings. The summed E-state index contributed by atoms with van der Waals surface area (Å²) in [6, 6.07) is 4.92. The van der Waals surface area contributed by atoms with Crippen LogP contribution in [0.1, 0.15) is 26.3 Å². The van der Waals surface area contributed by atoms with Gasteiger partial charge in [-0.3, -0.25) is 4.79 Å². The summed E-state index contributed by atoms with van der Waals surface area (Å²) in [6.45, 7) is 4.99. The van der Waals surface area contributed by atoms with Gasteiger partial charge in [-0.1, -0.05) is 23.2 Å². The number of rotatable bonds is 5. The molecule has 1 aromatic rings. The SMILES string of the molecule is CCN(C(=O)C=Cc1cc(Cl)cc(Cl)c1)C(C)(C)C(=O)O. The first kappa shape index (κ1) is 17.5. The first-order valence-corrected chi connectivity index (χ1v) is 7.13. The average molecular weight is 330 g/mol. The molecule has 0 aliphatic carbocycles. The first-order chi connectivity index (χ1) is 9.68. The average Bonchev–Trinajstić information content (AvgIpc) is 2.35. The Morgan fingerprint density at radius 1 is 1.24 bits per heavy atom. The number of nitrogens with zero attached hydrogens (tertiary/aromatic N) is 1. The maximum Gasteiger partial charge on any atom is 0.329 e. The van der Waals surface area contributed by atoms with Crippen LogP contribution in [-0.2, 0) is 9.59 Å². The fourth-order valence-corrected chi connectivity index (χ4v) is 2.41. The highest BCUT2D eigenvalue weighted by Crippen LogP contribution is 2.20. The number of halogens is 2. The molecule has 1 N–H and O–H groups in total. The van der Waals surface area contributed by atoms with Crippen LogP contribution >= 0.6 is 23.2 Å². The van der Waals surface area contributed by atoms with Crippen LogP contribution in [0.5, 0.6) is 0 Å². The Morgan fingerprint density at radius 3 is 2.19 bits per heavy atom. The van der Waals surface area contributed by atoms with Gasteiger partial charge >= 0.3 is 5.97 Å². The standard InChI is InChI=1S/C15H17Cl2NO3/c1-4-18(15(2,3)14(20)21)13(19)6-5-10-7-11(16)9-12(17)8-10/h5-9H,4H2,1-3H3,(H,20,21). The maximum absolute atomic E-state index is 12.2. The van der Waals surface area contributed by atoms with E-state index >= 15 is 0 Å². The van der Waals surface area contributed by atoms with Crippen LogP contribution in [0.25, 0.3) is 6.08 Å². The lowest BCUT2D eigenvalue weighted by Gasteiger charge is -2.33. The number of hydrogen-bond acceptors (Lipinski definition) is 2. The molecule has 0 fully saturated rings. The maximum atomic E-state index is 12.2. The van der Waals surface area contributed by atoms with Crippen molar-refractivity contribution >= 4 is 41.2 Å². The Labute approximate surface area is 134 Å². The van der Waals surface area contributed by atoms with Crippen molar-refractivity contribution in [1.29, 1.82) is 0 Å². The number of amides is 1. The second kappa shape index (κ2) is 6.96.